The predicted octanol–water partition coefficient (Wildman–Crippen LogP) is 0.510. The molecule has 0 aliphatic heterocycles. The molecule has 0 radical (unpaired) electrons. The van der Waals surface area contributed by atoms with Crippen molar-refractivity contribution in [1.82, 2.24) is 5.23 Å². The molecule has 0 heterocycles. The van der Waals surface area contributed by atoms with Gasteiger partial charge in [0.15, 0.2) is 0 Å². The van der Waals surface area contributed by atoms with E-state index < -0.39 is 0 Å². The first-order valence-electron chi connectivity index (χ1n) is 2.36. The summed E-state index contributed by atoms with van der Waals surface area (Å²) in [5.74, 6) is 0. The van der Waals surface area contributed by atoms with E-state index in [1.54, 1.807) is 0 Å². The van der Waals surface area contributed by atoms with Crippen molar-refractivity contribution in [1.29, 1.82) is 0 Å². The van der Waals surface area contributed by atoms with Crippen LogP contribution in [0.25, 0.3) is 0 Å². The minimum absolute atomic E-state index is 0.238. The van der Waals surface area contributed by atoms with Crippen LogP contribution in [0.4, 0.5) is 0 Å². The van der Waals surface area contributed by atoms with Gasteiger partial charge >= 0.3 is 0 Å². The van der Waals surface area contributed by atoms with Crippen molar-refractivity contribution in [3.8, 4) is 0 Å². The zero-order valence-electron chi connectivity index (χ0n) is 4.26. The van der Waals surface area contributed by atoms with E-state index in [-0.39, 0.29) is 6.10 Å². The lowest BCUT2D eigenvalue weighted by atomic mass is 10.9. The SMILES string of the molecule is CN([O-])OC1CC1. The Bertz CT molecular complexity index is 60.7. The molecule has 0 aromatic carbocycles. The van der Waals surface area contributed by atoms with Gasteiger partial charge in [0, 0.05) is 0 Å². The largest absolute Gasteiger partial charge is 0.762 e. The maximum atomic E-state index is 9.99. The fourth-order valence-electron chi connectivity index (χ4n) is 0.383. The monoisotopic (exact) mass is 102 g/mol. The van der Waals surface area contributed by atoms with Crippen molar-refractivity contribution >= 4 is 0 Å². The summed E-state index contributed by atoms with van der Waals surface area (Å²) >= 11 is 0. The van der Waals surface area contributed by atoms with Crippen LogP contribution in [0.5, 0.6) is 0 Å². The molecule has 0 saturated heterocycles. The summed E-state index contributed by atoms with van der Waals surface area (Å²) < 4.78 is 0. The minimum atomic E-state index is 0.238. The average molecular weight is 102 g/mol. The highest BCUT2D eigenvalue weighted by molar-refractivity contribution is 4.72. The quantitative estimate of drug-likeness (QED) is 0.476. The van der Waals surface area contributed by atoms with Crippen LogP contribution >= 0.6 is 0 Å². The maximum Gasteiger partial charge on any atom is 0.0783 e. The molecule has 3 heteroatoms. The summed E-state index contributed by atoms with van der Waals surface area (Å²) in [4.78, 5) is 4.64. The highest BCUT2D eigenvalue weighted by Crippen LogP contribution is 2.23. The molecule has 0 unspecified atom stereocenters. The van der Waals surface area contributed by atoms with Crippen molar-refractivity contribution in [2.75, 3.05) is 7.05 Å². The molecule has 7 heavy (non-hydrogen) atoms. The molecule has 42 valence electrons. The lowest BCUT2D eigenvalue weighted by Gasteiger charge is -2.20. The van der Waals surface area contributed by atoms with Gasteiger partial charge in [-0.05, 0) is 19.9 Å². The van der Waals surface area contributed by atoms with Crippen LogP contribution in [0.1, 0.15) is 12.8 Å². The Morgan fingerprint density at radius 2 is 2.29 bits per heavy atom. The Morgan fingerprint density at radius 1 is 1.71 bits per heavy atom. The average Bonchev–Trinajstić information content (AvgIpc) is 2.17. The smallest absolute Gasteiger partial charge is 0.0783 e. The first-order chi connectivity index (χ1) is 3.29. The van der Waals surface area contributed by atoms with Crippen molar-refractivity contribution in [2.45, 2.75) is 18.9 Å². The van der Waals surface area contributed by atoms with Crippen LogP contribution < -0.4 is 0 Å². The predicted molar refractivity (Wildman–Crippen MR) is 25.2 cm³/mol. The van der Waals surface area contributed by atoms with Gasteiger partial charge in [0.05, 0.1) is 6.10 Å². The van der Waals surface area contributed by atoms with E-state index in [0.717, 1.165) is 12.8 Å². The normalized spacial score (nSPS) is 21.0. The van der Waals surface area contributed by atoms with Crippen LogP contribution in [0.15, 0.2) is 0 Å². The molecular formula is C4H8NO2-. The summed E-state index contributed by atoms with van der Waals surface area (Å²) in [6.07, 6.45) is 2.33. The molecule has 0 amide bonds. The summed E-state index contributed by atoms with van der Waals surface area (Å²) in [5.41, 5.74) is 0. The molecule has 0 N–H and O–H groups in total. The second-order valence-electron chi connectivity index (χ2n) is 1.74. The summed E-state index contributed by atoms with van der Waals surface area (Å²) in [6, 6.07) is 0. The zero-order valence-corrected chi connectivity index (χ0v) is 4.26. The Labute approximate surface area is 42.4 Å². The molecular weight excluding hydrogens is 94.0 g/mol. The highest BCUT2D eigenvalue weighted by Gasteiger charge is 2.22. The molecule has 1 fully saturated rings. The van der Waals surface area contributed by atoms with E-state index in [2.05, 4.69) is 4.84 Å². The Kier molecular flexibility index (Phi) is 1.27. The molecule has 0 bridgehead atoms. The standard InChI is InChI=1S/C4H8NO2/c1-5(6)7-4-2-3-4/h4H,2-3H2,1H3/q-1. The van der Waals surface area contributed by atoms with Crippen LogP contribution in [0.3, 0.4) is 0 Å². The van der Waals surface area contributed by atoms with Gasteiger partial charge in [0.1, 0.15) is 0 Å². The van der Waals surface area contributed by atoms with Gasteiger partial charge < -0.3 is 10.0 Å². The highest BCUT2D eigenvalue weighted by atomic mass is 16.9. The lowest BCUT2D eigenvalue weighted by Crippen LogP contribution is -2.10. The molecule has 1 aliphatic rings. The number of hydrogen-bond donors (Lipinski definition) is 0. The molecule has 0 atom stereocenters. The molecule has 0 spiro atoms. The third-order valence-electron chi connectivity index (χ3n) is 0.822. The maximum absolute atomic E-state index is 9.99. The number of hydroxylamine groups is 2. The van der Waals surface area contributed by atoms with Crippen molar-refractivity contribution < 1.29 is 4.84 Å². The van der Waals surface area contributed by atoms with Crippen molar-refractivity contribution in [2.24, 2.45) is 0 Å². The second kappa shape index (κ2) is 1.78. The van der Waals surface area contributed by atoms with Crippen molar-refractivity contribution in [3.63, 3.8) is 0 Å². The van der Waals surface area contributed by atoms with E-state index in [9.17, 15) is 5.21 Å². The van der Waals surface area contributed by atoms with Crippen LogP contribution in [-0.4, -0.2) is 18.4 Å². The molecule has 0 aromatic heterocycles. The van der Waals surface area contributed by atoms with Gasteiger partial charge in [-0.15, -0.1) is 0 Å². The van der Waals surface area contributed by atoms with Crippen LogP contribution in [-0.2, 0) is 4.84 Å². The third kappa shape index (κ3) is 1.87. The number of rotatable bonds is 2. The second-order valence-corrected chi connectivity index (χ2v) is 1.74. The van der Waals surface area contributed by atoms with Gasteiger partial charge in [-0.1, -0.05) is 0 Å². The topological polar surface area (TPSA) is 35.5 Å². The molecule has 1 rings (SSSR count). The molecule has 3 nitrogen and oxygen atoms in total. The van der Waals surface area contributed by atoms with E-state index in [4.69, 9.17) is 0 Å². The molecule has 1 aliphatic carbocycles. The Hall–Kier alpha value is -0.120. The fourth-order valence-corrected chi connectivity index (χ4v) is 0.383. The Morgan fingerprint density at radius 3 is 2.43 bits per heavy atom. The summed E-state index contributed by atoms with van der Waals surface area (Å²) in [6.45, 7) is 0. The van der Waals surface area contributed by atoms with E-state index >= 15 is 0 Å². The first kappa shape index (κ1) is 5.03. The van der Waals surface area contributed by atoms with Crippen LogP contribution in [0, 0.1) is 5.21 Å². The van der Waals surface area contributed by atoms with Gasteiger partial charge in [-0.3, -0.25) is 5.23 Å². The van der Waals surface area contributed by atoms with Crippen LogP contribution in [0.2, 0.25) is 0 Å². The molecule has 0 aromatic rings. The number of nitrogens with zero attached hydrogens (tertiary/aromatic N) is 1. The van der Waals surface area contributed by atoms with E-state index in [1.807, 2.05) is 0 Å². The molecule has 1 saturated carbocycles. The lowest BCUT2D eigenvalue weighted by molar-refractivity contribution is -0.111. The fraction of sp³-hybridized carbons (Fsp3) is 1.00. The summed E-state index contributed by atoms with van der Waals surface area (Å²) in [7, 11) is 1.36. The summed E-state index contributed by atoms with van der Waals surface area (Å²) in [5, 5.41) is 10.5. The van der Waals surface area contributed by atoms with Gasteiger partial charge in [-0.2, -0.15) is 0 Å². The van der Waals surface area contributed by atoms with Gasteiger partial charge in [0.2, 0.25) is 0 Å². The number of hydrogen-bond acceptors (Lipinski definition) is 3. The van der Waals surface area contributed by atoms with Gasteiger partial charge in [0.25, 0.3) is 0 Å². The van der Waals surface area contributed by atoms with E-state index in [0.29, 0.717) is 5.23 Å². The Balaban J connectivity index is 1.97. The van der Waals surface area contributed by atoms with Crippen molar-refractivity contribution in [3.05, 3.63) is 5.21 Å². The minimum Gasteiger partial charge on any atom is -0.762 e. The zero-order chi connectivity index (χ0) is 5.28. The third-order valence-corrected chi connectivity index (χ3v) is 0.822. The van der Waals surface area contributed by atoms with E-state index in [1.165, 1.54) is 7.05 Å². The first-order valence-corrected chi connectivity index (χ1v) is 2.36. The van der Waals surface area contributed by atoms with Gasteiger partial charge in [-0.25, -0.2) is 0 Å².